The monoisotopic (exact) mass is 348 g/mol. The molecule has 9 heteroatoms. The molecule has 0 bridgehead atoms. The van der Waals surface area contributed by atoms with E-state index in [1.165, 1.54) is 0 Å². The van der Waals surface area contributed by atoms with Crippen LogP contribution in [-0.4, -0.2) is 26.0 Å². The fraction of sp³-hybridized carbons (Fsp3) is 0.727. The molecular weight excluding hydrogens is 330 g/mol. The molecule has 0 radical (unpaired) electrons. The average molecular weight is 349 g/mol. The Labute approximate surface area is 153 Å². The van der Waals surface area contributed by atoms with E-state index < -0.39 is 31.4 Å². The van der Waals surface area contributed by atoms with E-state index in [1.807, 2.05) is 13.8 Å². The smallest absolute Gasteiger partial charge is 0.846 e. The van der Waals surface area contributed by atoms with E-state index in [4.69, 9.17) is 22.2 Å². The molecule has 1 aliphatic heterocycles. The first kappa shape index (κ1) is 22.7. The molecule has 0 saturated carbocycles. The van der Waals surface area contributed by atoms with Gasteiger partial charge in [0.05, 0.1) is 6.02 Å². The van der Waals surface area contributed by atoms with Gasteiger partial charge in [-0.3, -0.25) is 9.59 Å². The van der Waals surface area contributed by atoms with Crippen LogP contribution in [-0.2, 0) is 9.59 Å². The molecule has 0 fully saturated rings. The second-order valence-electron chi connectivity index (χ2n) is 4.29. The first-order valence-electron chi connectivity index (χ1n) is 6.14. The van der Waals surface area contributed by atoms with Crippen molar-refractivity contribution in [3.05, 3.63) is 0 Å². The predicted octanol–water partition coefficient (Wildman–Crippen LogP) is -2.34. The minimum absolute atomic E-state index is 0. The summed E-state index contributed by atoms with van der Waals surface area (Å²) >= 11 is 9.81. The molecule has 0 saturated heterocycles. The quantitative estimate of drug-likeness (QED) is 0.351. The number of rotatable bonds is 4. The van der Waals surface area contributed by atoms with Gasteiger partial charge in [-0.15, -0.1) is 0 Å². The van der Waals surface area contributed by atoms with E-state index in [0.717, 1.165) is 12.8 Å². The molecule has 0 spiro atoms. The maximum atomic E-state index is 11.9. The first-order chi connectivity index (χ1) is 8.90. The molecule has 20 heavy (non-hydrogen) atoms. The molecule has 1 heterocycles. The van der Waals surface area contributed by atoms with Gasteiger partial charge >= 0.3 is 29.6 Å². The Bertz CT molecular complexity index is 372. The van der Waals surface area contributed by atoms with Gasteiger partial charge in [0.15, 0.2) is 0 Å². The molecule has 0 aromatic rings. The Hall–Kier alpha value is 0.407. The van der Waals surface area contributed by atoms with Crippen LogP contribution < -0.4 is 40.0 Å². The number of carbonyl (C=O) groups excluding carboxylic acids is 2. The summed E-state index contributed by atoms with van der Waals surface area (Å²) in [4.78, 5) is 27.1. The van der Waals surface area contributed by atoms with Crippen LogP contribution in [0.25, 0.3) is 0 Å². The number of carbonyl (C=O) groups is 2. The first-order valence-corrected chi connectivity index (χ1v) is 10.4. The minimum atomic E-state index is -1.15. The van der Waals surface area contributed by atoms with Gasteiger partial charge < -0.3 is 10.4 Å². The fourth-order valence-electron chi connectivity index (χ4n) is 2.30. The van der Waals surface area contributed by atoms with E-state index in [0.29, 0.717) is 6.42 Å². The predicted molar refractivity (Wildman–Crippen MR) is 77.6 cm³/mol. The van der Waals surface area contributed by atoms with Crippen LogP contribution in [0.1, 0.15) is 40.0 Å². The molecule has 1 aliphatic rings. The third kappa shape index (κ3) is 5.31. The number of amides is 2. The minimum Gasteiger partial charge on any atom is -0.846 e. The molecule has 5 nitrogen and oxygen atoms in total. The van der Waals surface area contributed by atoms with Crippen molar-refractivity contribution < 1.29 is 44.3 Å². The Kier molecular flexibility index (Phi) is 12.5. The van der Waals surface area contributed by atoms with E-state index >= 15 is 0 Å². The largest absolute Gasteiger partial charge is 1.00 e. The van der Waals surface area contributed by atoms with Gasteiger partial charge in [-0.2, -0.15) is 22.2 Å². The number of nitrogens with one attached hydrogen (secondary N) is 1. The van der Waals surface area contributed by atoms with Crippen molar-refractivity contribution >= 4 is 48.1 Å². The van der Waals surface area contributed by atoms with E-state index in [1.54, 1.807) is 6.92 Å². The van der Waals surface area contributed by atoms with Crippen LogP contribution in [0, 0.1) is 11.3 Å². The number of amidine groups is 1. The Morgan fingerprint density at radius 1 is 1.40 bits per heavy atom. The third-order valence-electron chi connectivity index (χ3n) is 3.33. The van der Waals surface area contributed by atoms with Crippen molar-refractivity contribution in [2.24, 2.45) is 16.3 Å². The molecule has 0 aromatic heterocycles. The summed E-state index contributed by atoms with van der Waals surface area (Å²) in [5.41, 5.74) is -1.15. The average Bonchev–Trinajstić information content (AvgIpc) is 2.30. The summed E-state index contributed by atoms with van der Waals surface area (Å²) in [6.07, 6.45) is 2.02. The Balaban J connectivity index is 0. The van der Waals surface area contributed by atoms with Crippen molar-refractivity contribution in [3.63, 3.8) is 0 Å². The number of aliphatic imine (C=N–C) groups is 1. The molecule has 0 aliphatic carbocycles. The molecule has 2 atom stereocenters. The van der Waals surface area contributed by atoms with Crippen molar-refractivity contribution in [2.45, 2.75) is 40.0 Å². The molecule has 1 N–H and O–H groups in total. The normalized spacial score (nSPS) is 22.8. The van der Waals surface area contributed by atoms with Crippen LogP contribution in [0.3, 0.4) is 0 Å². The Morgan fingerprint density at radius 3 is 2.25 bits per heavy atom. The summed E-state index contributed by atoms with van der Waals surface area (Å²) in [5, 5.41) is 13.1. The molecule has 110 valence electrons. The maximum absolute atomic E-state index is 11.9. The van der Waals surface area contributed by atoms with Gasteiger partial charge in [-0.1, -0.05) is 27.2 Å². The molecular formula is C11H19Cl2N2NaO3Si. The SMILES string of the molecule is CCCC(C)C1(CC)C(=O)N=C([O-])NC1=O.Cl[SiH2]Cl.[Na+]. The number of hydrogen-bond acceptors (Lipinski definition) is 3. The zero-order chi connectivity index (χ0) is 15.1. The van der Waals surface area contributed by atoms with Crippen molar-refractivity contribution in [2.75, 3.05) is 0 Å². The van der Waals surface area contributed by atoms with Gasteiger partial charge in [-0.25, -0.2) is 4.99 Å². The van der Waals surface area contributed by atoms with E-state index in [-0.39, 0.29) is 35.5 Å². The summed E-state index contributed by atoms with van der Waals surface area (Å²) in [6.45, 7) is 5.62. The van der Waals surface area contributed by atoms with Crippen LogP contribution in [0.5, 0.6) is 0 Å². The molecule has 0 aromatic carbocycles. The summed E-state index contributed by atoms with van der Waals surface area (Å²) in [7, 11) is -0.639. The van der Waals surface area contributed by atoms with Crippen LogP contribution >= 0.6 is 22.2 Å². The van der Waals surface area contributed by atoms with E-state index in [9.17, 15) is 14.7 Å². The molecule has 2 amide bonds. The van der Waals surface area contributed by atoms with Crippen molar-refractivity contribution in [1.82, 2.24) is 5.32 Å². The number of nitrogens with zero attached hydrogens (tertiary/aromatic N) is 1. The topological polar surface area (TPSA) is 81.6 Å². The van der Waals surface area contributed by atoms with Crippen LogP contribution in [0.15, 0.2) is 4.99 Å². The molecule has 2 unspecified atom stereocenters. The standard InChI is InChI=1S/C11H18N2O3.Cl2H2Si.Na/c1-4-6-7(3)11(5-2)8(14)12-10(16)13-9(11)15;1-3-2;/h7H,4-6H2,1-3H3,(H2,12,13,14,15,16);3H2;/q;;+1/p-1. The zero-order valence-corrected chi connectivity index (χ0v) is 17.3. The van der Waals surface area contributed by atoms with Gasteiger partial charge in [0.2, 0.25) is 14.0 Å². The van der Waals surface area contributed by atoms with Gasteiger partial charge in [0, 0.05) is 0 Å². The second kappa shape index (κ2) is 11.0. The molecule has 1 rings (SSSR count). The van der Waals surface area contributed by atoms with Gasteiger partial charge in [-0.05, 0) is 18.8 Å². The summed E-state index contributed by atoms with van der Waals surface area (Å²) < 4.78 is 0. The second-order valence-corrected chi connectivity index (χ2v) is 6.92. The van der Waals surface area contributed by atoms with Crippen LogP contribution in [0.2, 0.25) is 0 Å². The summed E-state index contributed by atoms with van der Waals surface area (Å²) in [6, 6.07) is -0.845. The number of hydrogen-bond donors (Lipinski definition) is 1. The van der Waals surface area contributed by atoms with Gasteiger partial charge in [0.25, 0.3) is 5.91 Å². The number of halogens is 2. The third-order valence-corrected chi connectivity index (χ3v) is 3.33. The Morgan fingerprint density at radius 2 is 1.90 bits per heavy atom. The van der Waals surface area contributed by atoms with Crippen LogP contribution in [0.4, 0.5) is 0 Å². The van der Waals surface area contributed by atoms with Crippen molar-refractivity contribution in [3.8, 4) is 0 Å². The van der Waals surface area contributed by atoms with E-state index in [2.05, 4.69) is 10.3 Å². The summed E-state index contributed by atoms with van der Waals surface area (Å²) in [5.74, 6) is -1.20. The fourth-order valence-corrected chi connectivity index (χ4v) is 2.30. The maximum Gasteiger partial charge on any atom is 1.00 e. The zero-order valence-electron chi connectivity index (χ0n) is 12.3. The van der Waals surface area contributed by atoms with Gasteiger partial charge in [0.1, 0.15) is 5.41 Å². The van der Waals surface area contributed by atoms with Crippen molar-refractivity contribution in [1.29, 1.82) is 0 Å².